The first-order chi connectivity index (χ1) is 9.28. The Morgan fingerprint density at radius 3 is 2.20 bits per heavy atom. The van der Waals surface area contributed by atoms with Gasteiger partial charge in [-0.25, -0.2) is 12.8 Å². The van der Waals surface area contributed by atoms with E-state index in [1.54, 1.807) is 0 Å². The van der Waals surface area contributed by atoms with Gasteiger partial charge in [-0.1, -0.05) is 23.2 Å². The van der Waals surface area contributed by atoms with E-state index in [0.29, 0.717) is 15.6 Å². The van der Waals surface area contributed by atoms with Crippen LogP contribution >= 0.6 is 23.2 Å². The molecule has 1 N–H and O–H groups in total. The van der Waals surface area contributed by atoms with E-state index >= 15 is 0 Å². The summed E-state index contributed by atoms with van der Waals surface area (Å²) in [6, 6.07) is 7.81. The zero-order valence-electron chi connectivity index (χ0n) is 10.3. The molecule has 7 heteroatoms. The maximum absolute atomic E-state index is 13.0. The molecular formula is C13H10Cl2FNO2S. The summed E-state index contributed by atoms with van der Waals surface area (Å²) in [5.74, 6) is -0.493. The first-order valence-electron chi connectivity index (χ1n) is 5.53. The van der Waals surface area contributed by atoms with Gasteiger partial charge in [-0.3, -0.25) is 4.72 Å². The van der Waals surface area contributed by atoms with Crippen LogP contribution in [0.3, 0.4) is 0 Å². The Hall–Kier alpha value is -1.30. The maximum atomic E-state index is 13.0. The molecule has 0 radical (unpaired) electrons. The van der Waals surface area contributed by atoms with Crippen LogP contribution in [0.5, 0.6) is 0 Å². The lowest BCUT2D eigenvalue weighted by Gasteiger charge is -2.11. The molecule has 0 bridgehead atoms. The van der Waals surface area contributed by atoms with Crippen molar-refractivity contribution in [2.24, 2.45) is 0 Å². The van der Waals surface area contributed by atoms with Crippen LogP contribution in [0, 0.1) is 12.7 Å². The zero-order chi connectivity index (χ0) is 14.9. The SMILES string of the molecule is Cc1cc(F)ccc1S(=O)(=O)Nc1cc(Cl)cc(Cl)c1. The first-order valence-corrected chi connectivity index (χ1v) is 7.77. The number of hydrogen-bond acceptors (Lipinski definition) is 2. The molecule has 106 valence electrons. The minimum Gasteiger partial charge on any atom is -0.280 e. The van der Waals surface area contributed by atoms with E-state index < -0.39 is 15.8 Å². The Kier molecular flexibility index (Phi) is 4.22. The molecule has 3 nitrogen and oxygen atoms in total. The number of aryl methyl sites for hydroxylation is 1. The molecule has 0 atom stereocenters. The van der Waals surface area contributed by atoms with Crippen LogP contribution in [0.4, 0.5) is 10.1 Å². The molecule has 0 saturated carbocycles. The molecule has 20 heavy (non-hydrogen) atoms. The minimum atomic E-state index is -3.83. The third kappa shape index (κ3) is 3.42. The highest BCUT2D eigenvalue weighted by molar-refractivity contribution is 7.92. The van der Waals surface area contributed by atoms with Crippen LogP contribution < -0.4 is 4.72 Å². The number of hydrogen-bond donors (Lipinski definition) is 1. The smallest absolute Gasteiger partial charge is 0.262 e. The number of anilines is 1. The number of benzene rings is 2. The molecule has 2 rings (SSSR count). The van der Waals surface area contributed by atoms with Crippen molar-refractivity contribution in [2.45, 2.75) is 11.8 Å². The van der Waals surface area contributed by atoms with Crippen LogP contribution in [0.1, 0.15) is 5.56 Å². The van der Waals surface area contributed by atoms with Gasteiger partial charge < -0.3 is 0 Å². The third-order valence-electron chi connectivity index (χ3n) is 2.54. The monoisotopic (exact) mass is 333 g/mol. The molecule has 0 spiro atoms. The summed E-state index contributed by atoms with van der Waals surface area (Å²) in [5, 5.41) is 0.622. The van der Waals surface area contributed by atoms with Crippen molar-refractivity contribution >= 4 is 38.9 Å². The fraction of sp³-hybridized carbons (Fsp3) is 0.0769. The number of nitrogens with one attached hydrogen (secondary N) is 1. The van der Waals surface area contributed by atoms with E-state index in [2.05, 4.69) is 4.72 Å². The van der Waals surface area contributed by atoms with Gasteiger partial charge >= 0.3 is 0 Å². The van der Waals surface area contributed by atoms with Gasteiger partial charge in [0.05, 0.1) is 10.6 Å². The Bertz CT molecular complexity index is 743. The quantitative estimate of drug-likeness (QED) is 0.912. The molecule has 2 aromatic rings. The molecule has 0 aromatic heterocycles. The second-order valence-electron chi connectivity index (χ2n) is 4.17. The van der Waals surface area contributed by atoms with Gasteiger partial charge in [0.25, 0.3) is 10.0 Å². The van der Waals surface area contributed by atoms with Crippen LogP contribution in [0.25, 0.3) is 0 Å². The summed E-state index contributed by atoms with van der Waals surface area (Å²) < 4.78 is 39.8. The predicted molar refractivity (Wildman–Crippen MR) is 78.4 cm³/mol. The highest BCUT2D eigenvalue weighted by Gasteiger charge is 2.17. The average Bonchev–Trinajstić information content (AvgIpc) is 2.25. The molecule has 0 aliphatic heterocycles. The third-order valence-corrected chi connectivity index (χ3v) is 4.52. The summed E-state index contributed by atoms with van der Waals surface area (Å²) >= 11 is 11.6. The van der Waals surface area contributed by atoms with Crippen molar-refractivity contribution in [1.29, 1.82) is 0 Å². The Morgan fingerprint density at radius 2 is 1.65 bits per heavy atom. The van der Waals surface area contributed by atoms with Gasteiger partial charge in [0.1, 0.15) is 5.82 Å². The summed E-state index contributed by atoms with van der Waals surface area (Å²) in [4.78, 5) is -0.00463. The summed E-state index contributed by atoms with van der Waals surface area (Å²) in [6.45, 7) is 1.52. The second kappa shape index (κ2) is 5.60. The van der Waals surface area contributed by atoms with Crippen molar-refractivity contribution < 1.29 is 12.8 Å². The Balaban J connectivity index is 2.40. The van der Waals surface area contributed by atoms with Crippen molar-refractivity contribution in [2.75, 3.05) is 4.72 Å². The Morgan fingerprint density at radius 1 is 1.05 bits per heavy atom. The number of rotatable bonds is 3. The lowest BCUT2D eigenvalue weighted by atomic mass is 10.2. The molecule has 0 fully saturated rings. The van der Waals surface area contributed by atoms with Crippen molar-refractivity contribution in [3.8, 4) is 0 Å². The van der Waals surface area contributed by atoms with E-state index in [0.717, 1.165) is 12.1 Å². The fourth-order valence-electron chi connectivity index (χ4n) is 1.74. The topological polar surface area (TPSA) is 46.2 Å². The van der Waals surface area contributed by atoms with Crippen molar-refractivity contribution in [3.05, 3.63) is 57.8 Å². The van der Waals surface area contributed by atoms with Gasteiger partial charge in [-0.15, -0.1) is 0 Å². The first kappa shape index (κ1) is 15.1. The summed E-state index contributed by atoms with van der Waals surface area (Å²) in [7, 11) is -3.83. The average molecular weight is 334 g/mol. The minimum absolute atomic E-state index is 0.00463. The van der Waals surface area contributed by atoms with E-state index in [1.165, 1.54) is 31.2 Å². The van der Waals surface area contributed by atoms with Crippen molar-refractivity contribution in [1.82, 2.24) is 0 Å². The standard InChI is InChI=1S/C13H10Cl2FNO2S/c1-8-4-11(16)2-3-13(8)20(18,19)17-12-6-9(14)5-10(15)7-12/h2-7,17H,1H3. The second-order valence-corrected chi connectivity index (χ2v) is 6.70. The normalized spacial score (nSPS) is 11.4. The van der Waals surface area contributed by atoms with E-state index in [1.807, 2.05) is 0 Å². The van der Waals surface area contributed by atoms with Crippen LogP contribution in [-0.4, -0.2) is 8.42 Å². The largest absolute Gasteiger partial charge is 0.280 e. The summed E-state index contributed by atoms with van der Waals surface area (Å²) in [6.07, 6.45) is 0. The fourth-order valence-corrected chi connectivity index (χ4v) is 3.53. The lowest BCUT2D eigenvalue weighted by molar-refractivity contribution is 0.598. The Labute approximate surface area is 126 Å². The lowest BCUT2D eigenvalue weighted by Crippen LogP contribution is -2.14. The van der Waals surface area contributed by atoms with Crippen LogP contribution in [-0.2, 0) is 10.0 Å². The van der Waals surface area contributed by atoms with Gasteiger partial charge in [0.2, 0.25) is 0 Å². The molecule has 0 saturated heterocycles. The summed E-state index contributed by atoms with van der Waals surface area (Å²) in [5.41, 5.74) is 0.553. The van der Waals surface area contributed by atoms with Gasteiger partial charge in [0, 0.05) is 10.0 Å². The maximum Gasteiger partial charge on any atom is 0.262 e. The number of halogens is 3. The highest BCUT2D eigenvalue weighted by atomic mass is 35.5. The molecule has 0 aliphatic rings. The van der Waals surface area contributed by atoms with E-state index in [-0.39, 0.29) is 10.6 Å². The number of sulfonamides is 1. The molecule has 0 amide bonds. The van der Waals surface area contributed by atoms with Gasteiger partial charge in [-0.2, -0.15) is 0 Å². The van der Waals surface area contributed by atoms with Gasteiger partial charge in [-0.05, 0) is 48.9 Å². The van der Waals surface area contributed by atoms with Gasteiger partial charge in [0.15, 0.2) is 0 Å². The van der Waals surface area contributed by atoms with E-state index in [9.17, 15) is 12.8 Å². The van der Waals surface area contributed by atoms with Crippen LogP contribution in [0.15, 0.2) is 41.3 Å². The molecule has 2 aromatic carbocycles. The predicted octanol–water partition coefficient (Wildman–Crippen LogP) is 4.24. The van der Waals surface area contributed by atoms with E-state index in [4.69, 9.17) is 23.2 Å². The molecule has 0 heterocycles. The molecular weight excluding hydrogens is 324 g/mol. The van der Waals surface area contributed by atoms with Crippen molar-refractivity contribution in [3.63, 3.8) is 0 Å². The zero-order valence-corrected chi connectivity index (χ0v) is 12.7. The van der Waals surface area contributed by atoms with Crippen LogP contribution in [0.2, 0.25) is 10.0 Å². The highest BCUT2D eigenvalue weighted by Crippen LogP contribution is 2.25. The molecule has 0 aliphatic carbocycles. The molecule has 0 unspecified atom stereocenters.